The number of amides is 1. The molecule has 2 aromatic rings. The molecule has 0 fully saturated rings. The molecule has 1 aromatic carbocycles. The van der Waals surface area contributed by atoms with Gasteiger partial charge in [0.15, 0.2) is 16.3 Å². The zero-order valence-corrected chi connectivity index (χ0v) is 12.9. The molecule has 22 heavy (non-hydrogen) atoms. The molecule has 3 rings (SSSR count). The molecule has 0 radical (unpaired) electrons. The average molecular weight is 332 g/mol. The third kappa shape index (κ3) is 3.43. The summed E-state index contributed by atoms with van der Waals surface area (Å²) in [4.78, 5) is 19.4. The van der Waals surface area contributed by atoms with Crippen LogP contribution in [0.3, 0.4) is 0 Å². The number of rotatable bonds is 3. The van der Waals surface area contributed by atoms with Crippen LogP contribution in [0.15, 0.2) is 34.6 Å². The van der Waals surface area contributed by atoms with Gasteiger partial charge in [0.1, 0.15) is 0 Å². The van der Waals surface area contributed by atoms with E-state index in [0.717, 1.165) is 16.9 Å². The van der Waals surface area contributed by atoms with Crippen LogP contribution in [0.1, 0.15) is 0 Å². The Balaban J connectivity index is 1.78. The number of nitrogens with one attached hydrogen (secondary N) is 3. The van der Waals surface area contributed by atoms with Gasteiger partial charge < -0.3 is 16.4 Å². The van der Waals surface area contributed by atoms with Crippen LogP contribution in [0.4, 0.5) is 10.8 Å². The number of carbonyl (C=O) groups is 1. The number of hydrogen-bond donors (Lipinski definition) is 4. The summed E-state index contributed by atoms with van der Waals surface area (Å²) in [7, 11) is 0. The summed E-state index contributed by atoms with van der Waals surface area (Å²) in [5.74, 6) is 0.120. The van der Waals surface area contributed by atoms with Crippen LogP contribution in [0.5, 0.6) is 0 Å². The van der Waals surface area contributed by atoms with E-state index in [2.05, 4.69) is 20.6 Å². The number of thioether (sulfide) groups is 1. The zero-order valence-electron chi connectivity index (χ0n) is 11.3. The number of guanidine groups is 1. The van der Waals surface area contributed by atoms with E-state index in [1.807, 2.05) is 29.6 Å². The van der Waals surface area contributed by atoms with E-state index >= 15 is 0 Å². The van der Waals surface area contributed by atoms with Gasteiger partial charge in [-0.3, -0.25) is 10.2 Å². The highest BCUT2D eigenvalue weighted by Gasteiger charge is 2.15. The lowest BCUT2D eigenvalue weighted by atomic mass is 10.1. The van der Waals surface area contributed by atoms with E-state index in [1.54, 1.807) is 0 Å². The van der Waals surface area contributed by atoms with Gasteiger partial charge in [-0.25, -0.2) is 4.98 Å². The summed E-state index contributed by atoms with van der Waals surface area (Å²) in [6.45, 7) is 0. The van der Waals surface area contributed by atoms with Gasteiger partial charge >= 0.3 is 0 Å². The van der Waals surface area contributed by atoms with Gasteiger partial charge in [-0.1, -0.05) is 23.9 Å². The summed E-state index contributed by atoms with van der Waals surface area (Å²) in [6, 6.07) is 7.67. The first-order valence-electron chi connectivity index (χ1n) is 6.28. The Bertz CT molecular complexity index is 769. The fourth-order valence-corrected chi connectivity index (χ4v) is 3.24. The highest BCUT2D eigenvalue weighted by Crippen LogP contribution is 2.27. The third-order valence-electron chi connectivity index (χ3n) is 2.71. The SMILES string of the molecule is N=C(N)Nc1nc(-c2cccc(NC3=NC(=O)CS3)c2)cs1. The van der Waals surface area contributed by atoms with Gasteiger partial charge in [0.25, 0.3) is 5.91 Å². The second-order valence-electron chi connectivity index (χ2n) is 4.38. The van der Waals surface area contributed by atoms with Gasteiger partial charge in [0.2, 0.25) is 0 Å². The molecule has 0 aliphatic carbocycles. The largest absolute Gasteiger partial charge is 0.370 e. The van der Waals surface area contributed by atoms with E-state index < -0.39 is 0 Å². The van der Waals surface area contributed by atoms with E-state index in [-0.39, 0.29) is 11.9 Å². The molecule has 1 aliphatic heterocycles. The lowest BCUT2D eigenvalue weighted by Gasteiger charge is -2.06. The molecular formula is C13H12N6OS2. The molecule has 1 aliphatic rings. The molecule has 9 heteroatoms. The summed E-state index contributed by atoms with van der Waals surface area (Å²) < 4.78 is 0. The number of thiazole rings is 1. The zero-order chi connectivity index (χ0) is 15.5. The van der Waals surface area contributed by atoms with E-state index in [1.165, 1.54) is 23.1 Å². The fourth-order valence-electron chi connectivity index (χ4n) is 1.83. The Morgan fingerprint density at radius 1 is 1.41 bits per heavy atom. The molecule has 1 aromatic heterocycles. The number of nitrogens with zero attached hydrogens (tertiary/aromatic N) is 2. The Hall–Kier alpha value is -2.39. The molecule has 0 bridgehead atoms. The van der Waals surface area contributed by atoms with Crippen molar-refractivity contribution < 1.29 is 4.79 Å². The molecule has 1 amide bonds. The minimum absolute atomic E-state index is 0.122. The number of nitrogens with two attached hydrogens (primary N) is 1. The first-order valence-corrected chi connectivity index (χ1v) is 8.15. The topological polar surface area (TPSA) is 116 Å². The quantitative estimate of drug-likeness (QED) is 0.505. The van der Waals surface area contributed by atoms with Crippen molar-refractivity contribution in [2.45, 2.75) is 0 Å². The molecule has 5 N–H and O–H groups in total. The molecule has 0 atom stereocenters. The summed E-state index contributed by atoms with van der Waals surface area (Å²) in [5.41, 5.74) is 7.84. The Morgan fingerprint density at radius 2 is 2.27 bits per heavy atom. The normalized spacial score (nSPS) is 13.8. The van der Waals surface area contributed by atoms with Crippen molar-refractivity contribution in [1.29, 1.82) is 5.41 Å². The van der Waals surface area contributed by atoms with E-state index in [0.29, 0.717) is 16.1 Å². The van der Waals surface area contributed by atoms with Crippen LogP contribution in [0.25, 0.3) is 11.3 Å². The maximum absolute atomic E-state index is 11.1. The van der Waals surface area contributed by atoms with Crippen molar-refractivity contribution in [2.24, 2.45) is 10.7 Å². The standard InChI is InChI=1S/C13H12N6OS2/c14-11(15)19-13-17-9(5-21-13)7-2-1-3-8(4-7)16-12-18-10(20)6-22-12/h1-5H,6H2,(H,16,18,20)(H4,14,15,17,19). The molecule has 0 spiro atoms. The second kappa shape index (κ2) is 6.16. The van der Waals surface area contributed by atoms with Crippen molar-refractivity contribution in [2.75, 3.05) is 16.4 Å². The van der Waals surface area contributed by atoms with E-state index in [4.69, 9.17) is 11.1 Å². The maximum Gasteiger partial charge on any atom is 0.258 e. The van der Waals surface area contributed by atoms with Crippen molar-refractivity contribution in [3.63, 3.8) is 0 Å². The molecular weight excluding hydrogens is 320 g/mol. The van der Waals surface area contributed by atoms with Crippen LogP contribution < -0.4 is 16.4 Å². The summed E-state index contributed by atoms with van der Waals surface area (Å²) in [6.07, 6.45) is 0. The Morgan fingerprint density at radius 3 is 3.00 bits per heavy atom. The average Bonchev–Trinajstić information content (AvgIpc) is 3.08. The van der Waals surface area contributed by atoms with Gasteiger partial charge in [0, 0.05) is 16.6 Å². The molecule has 0 saturated heterocycles. The van der Waals surface area contributed by atoms with Crippen molar-refractivity contribution in [3.05, 3.63) is 29.6 Å². The van der Waals surface area contributed by atoms with E-state index in [9.17, 15) is 4.79 Å². The minimum Gasteiger partial charge on any atom is -0.370 e. The summed E-state index contributed by atoms with van der Waals surface area (Å²) >= 11 is 2.76. The van der Waals surface area contributed by atoms with Crippen LogP contribution in [0, 0.1) is 5.41 Å². The van der Waals surface area contributed by atoms with Crippen LogP contribution in [-0.4, -0.2) is 27.8 Å². The lowest BCUT2D eigenvalue weighted by molar-refractivity contribution is -0.115. The van der Waals surface area contributed by atoms with Crippen LogP contribution in [-0.2, 0) is 4.79 Å². The Labute approximate surface area is 134 Å². The smallest absolute Gasteiger partial charge is 0.258 e. The molecule has 7 nitrogen and oxygen atoms in total. The van der Waals surface area contributed by atoms with Crippen molar-refractivity contribution in [1.82, 2.24) is 4.98 Å². The number of carbonyl (C=O) groups excluding carboxylic acids is 1. The molecule has 0 saturated carbocycles. The number of aliphatic imine (C=N–C) groups is 1. The first-order chi connectivity index (χ1) is 10.6. The van der Waals surface area contributed by atoms with Crippen LogP contribution in [0.2, 0.25) is 0 Å². The van der Waals surface area contributed by atoms with Gasteiger partial charge in [-0.2, -0.15) is 4.99 Å². The van der Waals surface area contributed by atoms with Crippen molar-refractivity contribution >= 4 is 51.0 Å². The molecule has 112 valence electrons. The van der Waals surface area contributed by atoms with Gasteiger partial charge in [0.05, 0.1) is 11.4 Å². The lowest BCUT2D eigenvalue weighted by Crippen LogP contribution is -2.20. The predicted molar refractivity (Wildman–Crippen MR) is 91.6 cm³/mol. The molecule has 0 unspecified atom stereocenters. The number of amidine groups is 1. The minimum atomic E-state index is -0.141. The number of benzene rings is 1. The van der Waals surface area contributed by atoms with Crippen LogP contribution >= 0.6 is 23.1 Å². The highest BCUT2D eigenvalue weighted by molar-refractivity contribution is 8.15. The maximum atomic E-state index is 11.1. The number of anilines is 2. The third-order valence-corrected chi connectivity index (χ3v) is 4.33. The van der Waals surface area contributed by atoms with Gasteiger partial charge in [-0.05, 0) is 12.1 Å². The van der Waals surface area contributed by atoms with Crippen molar-refractivity contribution in [3.8, 4) is 11.3 Å². The number of hydrogen-bond acceptors (Lipinski definition) is 6. The monoisotopic (exact) mass is 332 g/mol. The Kier molecular flexibility index (Phi) is 4.07. The second-order valence-corrected chi connectivity index (χ2v) is 6.20. The van der Waals surface area contributed by atoms with Gasteiger partial charge in [-0.15, -0.1) is 11.3 Å². The highest BCUT2D eigenvalue weighted by atomic mass is 32.2. The first kappa shape index (κ1) is 14.5. The number of aromatic nitrogens is 1. The molecule has 2 heterocycles. The predicted octanol–water partition coefficient (Wildman–Crippen LogP) is 2.16. The summed E-state index contributed by atoms with van der Waals surface area (Å²) in [5, 5.41) is 16.1. The fraction of sp³-hybridized carbons (Fsp3) is 0.0769.